The molecule has 0 spiro atoms. The molecule has 0 amide bonds. The van der Waals surface area contributed by atoms with E-state index in [4.69, 9.17) is 10.5 Å². The number of hydrogen-bond donors (Lipinski definition) is 1. The van der Waals surface area contributed by atoms with Gasteiger partial charge in [-0.15, -0.1) is 0 Å². The van der Waals surface area contributed by atoms with Gasteiger partial charge >= 0.3 is 0 Å². The summed E-state index contributed by atoms with van der Waals surface area (Å²) in [6, 6.07) is 4.63. The lowest BCUT2D eigenvalue weighted by atomic mass is 9.57. The molecule has 0 unspecified atom stereocenters. The maximum Gasteiger partial charge on any atom is 0.124 e. The smallest absolute Gasteiger partial charge is 0.124 e. The Balaban J connectivity index is 2.51. The van der Waals surface area contributed by atoms with Crippen molar-refractivity contribution in [2.24, 2.45) is 16.6 Å². The van der Waals surface area contributed by atoms with E-state index in [9.17, 15) is 4.39 Å². The van der Waals surface area contributed by atoms with Crippen LogP contribution in [0.15, 0.2) is 18.2 Å². The fourth-order valence-electron chi connectivity index (χ4n) is 4.45. The number of methoxy groups -OCH3 is 1. The van der Waals surface area contributed by atoms with Gasteiger partial charge in [0.2, 0.25) is 0 Å². The quantitative estimate of drug-likeness (QED) is 0.879. The highest BCUT2D eigenvalue weighted by atomic mass is 19.1. The zero-order chi connectivity index (χ0) is 15.2. The zero-order valence-electron chi connectivity index (χ0n) is 13.2. The normalized spacial score (nSPS) is 23.4. The van der Waals surface area contributed by atoms with E-state index >= 15 is 0 Å². The summed E-state index contributed by atoms with van der Waals surface area (Å²) in [4.78, 5) is 0. The van der Waals surface area contributed by atoms with Crippen molar-refractivity contribution in [3.05, 3.63) is 29.6 Å². The molecule has 0 aromatic heterocycles. The van der Waals surface area contributed by atoms with Gasteiger partial charge in [-0.25, -0.2) is 4.39 Å². The van der Waals surface area contributed by atoms with Crippen molar-refractivity contribution < 1.29 is 9.13 Å². The monoisotopic (exact) mass is 279 g/mol. The highest BCUT2D eigenvalue weighted by Gasteiger charge is 2.47. The zero-order valence-corrected chi connectivity index (χ0v) is 13.2. The van der Waals surface area contributed by atoms with Gasteiger partial charge < -0.3 is 10.5 Å². The van der Waals surface area contributed by atoms with Crippen LogP contribution in [-0.2, 0) is 5.54 Å². The molecule has 0 atom stereocenters. The average Bonchev–Trinajstić information content (AvgIpc) is 2.24. The van der Waals surface area contributed by atoms with Gasteiger partial charge in [0.15, 0.2) is 0 Å². The summed E-state index contributed by atoms with van der Waals surface area (Å²) in [5, 5.41) is 0. The first kappa shape index (κ1) is 15.3. The molecule has 20 heavy (non-hydrogen) atoms. The molecule has 2 rings (SSSR count). The SMILES string of the molecule is COc1ccc(F)cc1C1(N)CC(C)(C)CC(C)(C)C1. The van der Waals surface area contributed by atoms with Crippen molar-refractivity contribution in [2.75, 3.05) is 7.11 Å². The number of ether oxygens (including phenoxy) is 1. The fourth-order valence-corrected chi connectivity index (χ4v) is 4.45. The molecular weight excluding hydrogens is 253 g/mol. The standard InChI is InChI=1S/C17H26FNO/c1-15(2)9-16(3,4)11-17(19,10-15)13-8-12(18)6-7-14(13)20-5/h6-8H,9-11,19H2,1-5H3. The minimum Gasteiger partial charge on any atom is -0.496 e. The summed E-state index contributed by atoms with van der Waals surface area (Å²) in [7, 11) is 1.61. The van der Waals surface area contributed by atoms with Gasteiger partial charge in [-0.05, 0) is 48.3 Å². The van der Waals surface area contributed by atoms with E-state index in [-0.39, 0.29) is 16.6 Å². The second-order valence-electron chi connectivity index (χ2n) is 7.86. The Kier molecular flexibility index (Phi) is 3.62. The van der Waals surface area contributed by atoms with Crippen LogP contribution < -0.4 is 10.5 Å². The maximum atomic E-state index is 13.7. The average molecular weight is 279 g/mol. The second-order valence-corrected chi connectivity index (χ2v) is 7.86. The van der Waals surface area contributed by atoms with Crippen LogP contribution in [0.1, 0.15) is 52.5 Å². The third-order valence-electron chi connectivity index (χ3n) is 4.24. The highest BCUT2D eigenvalue weighted by Crippen LogP contribution is 2.54. The van der Waals surface area contributed by atoms with Gasteiger partial charge in [-0.3, -0.25) is 0 Å². The van der Waals surface area contributed by atoms with Gasteiger partial charge in [0.05, 0.1) is 7.11 Å². The lowest BCUT2D eigenvalue weighted by Crippen LogP contribution is -2.50. The molecule has 0 bridgehead atoms. The van der Waals surface area contributed by atoms with Crippen LogP contribution in [0.2, 0.25) is 0 Å². The minimum absolute atomic E-state index is 0.133. The number of halogens is 1. The third-order valence-corrected chi connectivity index (χ3v) is 4.24. The Hall–Kier alpha value is -1.09. The number of hydrogen-bond acceptors (Lipinski definition) is 2. The van der Waals surface area contributed by atoms with E-state index in [1.54, 1.807) is 13.2 Å². The van der Waals surface area contributed by atoms with Crippen LogP contribution in [0.3, 0.4) is 0 Å². The topological polar surface area (TPSA) is 35.2 Å². The number of nitrogens with two attached hydrogens (primary N) is 1. The molecule has 1 aliphatic rings. The molecule has 2 nitrogen and oxygen atoms in total. The summed E-state index contributed by atoms with van der Waals surface area (Å²) in [6.07, 6.45) is 2.79. The Morgan fingerprint density at radius 1 is 1.05 bits per heavy atom. The maximum absolute atomic E-state index is 13.7. The largest absolute Gasteiger partial charge is 0.496 e. The minimum atomic E-state index is -0.543. The van der Waals surface area contributed by atoms with Crippen molar-refractivity contribution in [3.63, 3.8) is 0 Å². The molecule has 3 heteroatoms. The van der Waals surface area contributed by atoms with Crippen molar-refractivity contribution in [1.82, 2.24) is 0 Å². The van der Waals surface area contributed by atoms with Crippen LogP contribution in [0, 0.1) is 16.6 Å². The summed E-state index contributed by atoms with van der Waals surface area (Å²) in [5.74, 6) is 0.425. The second kappa shape index (κ2) is 4.73. The summed E-state index contributed by atoms with van der Waals surface area (Å²) < 4.78 is 19.1. The Bertz CT molecular complexity index is 492. The van der Waals surface area contributed by atoms with E-state index in [1.165, 1.54) is 12.1 Å². The molecule has 1 aromatic rings. The van der Waals surface area contributed by atoms with Gasteiger partial charge in [0, 0.05) is 11.1 Å². The van der Waals surface area contributed by atoms with Gasteiger partial charge in [0.1, 0.15) is 11.6 Å². The van der Waals surface area contributed by atoms with Gasteiger partial charge in [0.25, 0.3) is 0 Å². The van der Waals surface area contributed by atoms with Gasteiger partial charge in [-0.1, -0.05) is 27.7 Å². The van der Waals surface area contributed by atoms with Crippen LogP contribution in [0.4, 0.5) is 4.39 Å². The van der Waals surface area contributed by atoms with Gasteiger partial charge in [-0.2, -0.15) is 0 Å². The Labute approximate surface area is 121 Å². The lowest BCUT2D eigenvalue weighted by molar-refractivity contribution is 0.0458. The van der Waals surface area contributed by atoms with Crippen LogP contribution >= 0.6 is 0 Å². The highest BCUT2D eigenvalue weighted by molar-refractivity contribution is 5.40. The van der Waals surface area contributed by atoms with Crippen molar-refractivity contribution in [2.45, 2.75) is 52.5 Å². The first-order valence-electron chi connectivity index (χ1n) is 7.20. The Morgan fingerprint density at radius 3 is 2.10 bits per heavy atom. The molecule has 0 aliphatic heterocycles. The van der Waals surface area contributed by atoms with Crippen molar-refractivity contribution in [1.29, 1.82) is 0 Å². The predicted molar refractivity (Wildman–Crippen MR) is 80.2 cm³/mol. The molecule has 0 heterocycles. The van der Waals surface area contributed by atoms with E-state index in [1.807, 2.05) is 0 Å². The van der Waals surface area contributed by atoms with Crippen molar-refractivity contribution in [3.8, 4) is 5.75 Å². The van der Waals surface area contributed by atoms with E-state index in [0.717, 1.165) is 24.8 Å². The predicted octanol–water partition coefficient (Wildman–Crippen LogP) is 4.22. The molecule has 1 aromatic carbocycles. The van der Waals surface area contributed by atoms with E-state index in [2.05, 4.69) is 27.7 Å². The molecule has 0 saturated heterocycles. The lowest BCUT2D eigenvalue weighted by Gasteiger charge is -2.50. The summed E-state index contributed by atoms with van der Waals surface area (Å²) in [5.41, 5.74) is 7.25. The van der Waals surface area contributed by atoms with Crippen LogP contribution in [0.5, 0.6) is 5.75 Å². The molecule has 1 aliphatic carbocycles. The first-order chi connectivity index (χ1) is 9.07. The van der Waals surface area contributed by atoms with Crippen LogP contribution in [-0.4, -0.2) is 7.11 Å². The van der Waals surface area contributed by atoms with Crippen LogP contribution in [0.25, 0.3) is 0 Å². The molecular formula is C17H26FNO. The first-order valence-corrected chi connectivity index (χ1v) is 7.20. The molecule has 0 radical (unpaired) electrons. The molecule has 1 fully saturated rings. The van der Waals surface area contributed by atoms with E-state index < -0.39 is 5.54 Å². The summed E-state index contributed by atoms with van der Waals surface area (Å²) >= 11 is 0. The summed E-state index contributed by atoms with van der Waals surface area (Å²) in [6.45, 7) is 8.95. The number of rotatable bonds is 2. The van der Waals surface area contributed by atoms with Crippen molar-refractivity contribution >= 4 is 0 Å². The third kappa shape index (κ3) is 2.98. The number of benzene rings is 1. The molecule has 1 saturated carbocycles. The molecule has 112 valence electrons. The van der Waals surface area contributed by atoms with E-state index in [0.29, 0.717) is 5.75 Å². The Morgan fingerprint density at radius 2 is 1.60 bits per heavy atom. The fraction of sp³-hybridized carbons (Fsp3) is 0.647. The molecule has 2 N–H and O–H groups in total.